The van der Waals surface area contributed by atoms with Gasteiger partial charge in [0.1, 0.15) is 5.82 Å². The van der Waals surface area contributed by atoms with Gasteiger partial charge in [-0.15, -0.1) is 0 Å². The second-order valence-electron chi connectivity index (χ2n) is 2.58. The van der Waals surface area contributed by atoms with Gasteiger partial charge in [0.05, 0.1) is 11.1 Å². The predicted molar refractivity (Wildman–Crippen MR) is 49.3 cm³/mol. The molecule has 1 rings (SSSR count). The van der Waals surface area contributed by atoms with Gasteiger partial charge in [0.15, 0.2) is 0 Å². The van der Waals surface area contributed by atoms with E-state index in [0.717, 1.165) is 12.6 Å². The summed E-state index contributed by atoms with van der Waals surface area (Å²) in [6, 6.07) is 0. The number of thioether (sulfide) groups is 1. The van der Waals surface area contributed by atoms with Crippen LogP contribution in [0.3, 0.4) is 0 Å². The molecule has 2 N–H and O–H groups in total. The highest BCUT2D eigenvalue weighted by atomic mass is 32.2. The molecular weight excluding hydrogens is 215 g/mol. The lowest BCUT2D eigenvalue weighted by atomic mass is 10.5. The lowest BCUT2D eigenvalue weighted by Gasteiger charge is -2.06. The van der Waals surface area contributed by atoms with Crippen molar-refractivity contribution in [2.24, 2.45) is 0 Å². The maximum atomic E-state index is 12.0. The van der Waals surface area contributed by atoms with Gasteiger partial charge in [-0.1, -0.05) is 6.92 Å². The number of hydrogen-bond donors (Lipinski definition) is 2. The number of nitrogens with zero attached hydrogens (tertiary/aromatic N) is 1. The topological polar surface area (TPSA) is 40.7 Å². The smallest absolute Gasteiger partial charge is 0.370 e. The van der Waals surface area contributed by atoms with E-state index in [1.54, 1.807) is 0 Å². The van der Waals surface area contributed by atoms with Crippen molar-refractivity contribution in [3.8, 4) is 0 Å². The molecule has 80 valence electrons. The summed E-state index contributed by atoms with van der Waals surface area (Å²) in [6.45, 7) is 2.55. The van der Waals surface area contributed by atoms with E-state index in [0.29, 0.717) is 12.4 Å². The largest absolute Gasteiger partial charge is 0.446 e. The molecule has 1 aromatic rings. The number of nitrogens with one attached hydrogen (secondary N) is 2. The second-order valence-corrected chi connectivity index (χ2v) is 3.69. The molecule has 3 nitrogen and oxygen atoms in total. The van der Waals surface area contributed by atoms with Gasteiger partial charge >= 0.3 is 5.51 Å². The summed E-state index contributed by atoms with van der Waals surface area (Å²) in [7, 11) is 0. The molecule has 0 aliphatic carbocycles. The molecule has 0 saturated carbocycles. The van der Waals surface area contributed by atoms with E-state index >= 15 is 0 Å². The molecule has 0 radical (unpaired) electrons. The Morgan fingerprint density at radius 1 is 1.57 bits per heavy atom. The van der Waals surface area contributed by atoms with Gasteiger partial charge in [0, 0.05) is 6.54 Å². The molecule has 0 aliphatic rings. The number of aromatic nitrogens is 2. The average molecular weight is 225 g/mol. The van der Waals surface area contributed by atoms with Crippen molar-refractivity contribution in [3.05, 3.63) is 6.20 Å². The first kappa shape index (κ1) is 11.2. The quantitative estimate of drug-likeness (QED) is 0.774. The number of anilines is 1. The number of H-pyrrole nitrogens is 1. The zero-order valence-corrected chi connectivity index (χ0v) is 8.30. The van der Waals surface area contributed by atoms with Crippen molar-refractivity contribution in [2.75, 3.05) is 11.9 Å². The molecule has 0 aromatic carbocycles. The SMILES string of the molecule is CCCNc1[nH]ncc1SC(F)(F)F. The Morgan fingerprint density at radius 3 is 2.86 bits per heavy atom. The maximum Gasteiger partial charge on any atom is 0.446 e. The van der Waals surface area contributed by atoms with Crippen LogP contribution in [0.25, 0.3) is 0 Å². The summed E-state index contributed by atoms with van der Waals surface area (Å²) in [5, 5.41) is 8.86. The third-order valence-corrected chi connectivity index (χ3v) is 2.14. The standard InChI is InChI=1S/C7H10F3N3S/c1-2-3-11-6-5(4-12-13-6)14-7(8,9)10/h4H,2-3H2,1H3,(H2,11,12,13). The molecule has 1 heterocycles. The van der Waals surface area contributed by atoms with Gasteiger partial charge in [-0.05, 0) is 18.2 Å². The van der Waals surface area contributed by atoms with Crippen molar-refractivity contribution in [2.45, 2.75) is 23.7 Å². The van der Waals surface area contributed by atoms with Crippen LogP contribution in [0, 0.1) is 0 Å². The van der Waals surface area contributed by atoms with E-state index < -0.39 is 5.51 Å². The van der Waals surface area contributed by atoms with E-state index in [2.05, 4.69) is 15.5 Å². The normalized spacial score (nSPS) is 11.7. The first-order chi connectivity index (χ1) is 6.53. The third-order valence-electron chi connectivity index (χ3n) is 1.38. The van der Waals surface area contributed by atoms with Crippen LogP contribution in [0.15, 0.2) is 11.1 Å². The van der Waals surface area contributed by atoms with Gasteiger partial charge in [-0.3, -0.25) is 5.10 Å². The molecular formula is C7H10F3N3S. The van der Waals surface area contributed by atoms with Crippen molar-refractivity contribution in [1.82, 2.24) is 10.2 Å². The van der Waals surface area contributed by atoms with Gasteiger partial charge in [-0.25, -0.2) is 0 Å². The molecule has 14 heavy (non-hydrogen) atoms. The van der Waals surface area contributed by atoms with Crippen LogP contribution >= 0.6 is 11.8 Å². The van der Waals surface area contributed by atoms with E-state index in [1.165, 1.54) is 0 Å². The fourth-order valence-electron chi connectivity index (χ4n) is 0.854. The van der Waals surface area contributed by atoms with Crippen LogP contribution in [-0.4, -0.2) is 22.3 Å². The molecule has 0 spiro atoms. The molecule has 0 atom stereocenters. The molecule has 0 bridgehead atoms. The summed E-state index contributed by atoms with van der Waals surface area (Å²) in [5.74, 6) is 0.328. The molecule has 0 aliphatic heterocycles. The third kappa shape index (κ3) is 3.49. The molecule has 0 saturated heterocycles. The summed E-state index contributed by atoms with van der Waals surface area (Å²) in [6.07, 6.45) is 2.01. The van der Waals surface area contributed by atoms with Crippen molar-refractivity contribution in [1.29, 1.82) is 0 Å². The molecule has 0 amide bonds. The molecule has 0 unspecified atom stereocenters. The minimum atomic E-state index is -4.27. The van der Waals surface area contributed by atoms with Crippen LogP contribution in [0.2, 0.25) is 0 Å². The zero-order valence-electron chi connectivity index (χ0n) is 7.48. The number of aromatic amines is 1. The van der Waals surface area contributed by atoms with Crippen LogP contribution in [0.1, 0.15) is 13.3 Å². The predicted octanol–water partition coefficient (Wildman–Crippen LogP) is 2.84. The first-order valence-electron chi connectivity index (χ1n) is 4.06. The number of halogens is 3. The Bertz CT molecular complexity index is 284. The maximum absolute atomic E-state index is 12.0. The van der Waals surface area contributed by atoms with Gasteiger partial charge in [0.2, 0.25) is 0 Å². The lowest BCUT2D eigenvalue weighted by molar-refractivity contribution is -0.0327. The lowest BCUT2D eigenvalue weighted by Crippen LogP contribution is -2.03. The second kappa shape index (κ2) is 4.59. The number of rotatable bonds is 4. The van der Waals surface area contributed by atoms with E-state index in [4.69, 9.17) is 0 Å². The highest BCUT2D eigenvalue weighted by molar-refractivity contribution is 8.00. The van der Waals surface area contributed by atoms with E-state index in [1.807, 2.05) is 6.92 Å². The van der Waals surface area contributed by atoms with E-state index in [9.17, 15) is 13.2 Å². The monoisotopic (exact) mass is 225 g/mol. The first-order valence-corrected chi connectivity index (χ1v) is 4.87. The van der Waals surface area contributed by atoms with Crippen LogP contribution in [-0.2, 0) is 0 Å². The Balaban J connectivity index is 2.63. The highest BCUT2D eigenvalue weighted by Gasteiger charge is 2.31. The summed E-state index contributed by atoms with van der Waals surface area (Å²) < 4.78 is 36.0. The number of hydrogen-bond acceptors (Lipinski definition) is 3. The Labute approximate surface area is 83.5 Å². The summed E-state index contributed by atoms with van der Waals surface area (Å²) >= 11 is -0.172. The van der Waals surface area contributed by atoms with Crippen LogP contribution in [0.4, 0.5) is 19.0 Å². The van der Waals surface area contributed by atoms with Gasteiger partial charge in [0.25, 0.3) is 0 Å². The fourth-order valence-corrected chi connectivity index (χ4v) is 1.43. The van der Waals surface area contributed by atoms with Gasteiger partial charge in [-0.2, -0.15) is 18.3 Å². The minimum absolute atomic E-state index is 0.0750. The summed E-state index contributed by atoms with van der Waals surface area (Å²) in [4.78, 5) is 0.0750. The Hall–Kier alpha value is -0.850. The van der Waals surface area contributed by atoms with Crippen molar-refractivity contribution < 1.29 is 13.2 Å². The number of alkyl halides is 3. The van der Waals surface area contributed by atoms with Crippen molar-refractivity contribution >= 4 is 17.6 Å². The minimum Gasteiger partial charge on any atom is -0.370 e. The Morgan fingerprint density at radius 2 is 2.29 bits per heavy atom. The molecule has 7 heteroatoms. The van der Waals surface area contributed by atoms with E-state index in [-0.39, 0.29) is 16.7 Å². The average Bonchev–Trinajstić information content (AvgIpc) is 2.45. The van der Waals surface area contributed by atoms with Crippen LogP contribution < -0.4 is 5.32 Å². The van der Waals surface area contributed by atoms with Crippen LogP contribution in [0.5, 0.6) is 0 Å². The highest BCUT2D eigenvalue weighted by Crippen LogP contribution is 2.39. The zero-order chi connectivity index (χ0) is 10.6. The van der Waals surface area contributed by atoms with Gasteiger partial charge < -0.3 is 5.32 Å². The van der Waals surface area contributed by atoms with Crippen molar-refractivity contribution in [3.63, 3.8) is 0 Å². The molecule has 0 fully saturated rings. The summed E-state index contributed by atoms with van der Waals surface area (Å²) in [5.41, 5.74) is -4.27. The Kier molecular flexibility index (Phi) is 3.68. The fraction of sp³-hybridized carbons (Fsp3) is 0.571. The molecule has 1 aromatic heterocycles.